The molecule has 0 spiro atoms. The number of carbonyl (C=O) groups is 1. The van der Waals surface area contributed by atoms with Gasteiger partial charge in [0.1, 0.15) is 0 Å². The van der Waals surface area contributed by atoms with Gasteiger partial charge in [-0.05, 0) is 24.0 Å². The van der Waals surface area contributed by atoms with Gasteiger partial charge in [0.2, 0.25) is 5.91 Å². The Balaban J connectivity index is 2.07. The summed E-state index contributed by atoms with van der Waals surface area (Å²) in [5, 5.41) is 0. The Labute approximate surface area is 120 Å². The maximum atomic E-state index is 10.8. The molecule has 1 amide bonds. The number of carbonyl (C=O) groups excluding carboxylic acids is 1. The molecule has 0 aliphatic heterocycles. The van der Waals surface area contributed by atoms with E-state index >= 15 is 0 Å². The van der Waals surface area contributed by atoms with Gasteiger partial charge in [-0.3, -0.25) is 4.79 Å². The van der Waals surface area contributed by atoms with Crippen LogP contribution in [0.25, 0.3) is 0 Å². The fourth-order valence-corrected chi connectivity index (χ4v) is 2.54. The van der Waals surface area contributed by atoms with E-state index in [4.69, 9.17) is 5.73 Å². The van der Waals surface area contributed by atoms with Gasteiger partial charge in [-0.1, -0.05) is 67.1 Å². The highest BCUT2D eigenvalue weighted by Gasteiger charge is 2.13. The highest BCUT2D eigenvalue weighted by molar-refractivity contribution is 5.73. The standard InChI is InChI=1S/C18H21NO/c19-18(20)14-8-7-13-17(15-9-3-1-4-10-15)16-11-5-2-6-12-16/h1-6,9-12,17H,7-8,13-14H2,(H2,19,20). The number of benzene rings is 2. The molecule has 0 aromatic heterocycles. The maximum Gasteiger partial charge on any atom is 0.217 e. The minimum atomic E-state index is -0.207. The van der Waals surface area contributed by atoms with Crippen molar-refractivity contribution in [3.8, 4) is 0 Å². The van der Waals surface area contributed by atoms with Crippen molar-refractivity contribution >= 4 is 5.91 Å². The zero-order valence-corrected chi connectivity index (χ0v) is 11.7. The van der Waals surface area contributed by atoms with Gasteiger partial charge in [0.05, 0.1) is 0 Å². The Morgan fingerprint density at radius 1 is 0.850 bits per heavy atom. The number of rotatable bonds is 7. The van der Waals surface area contributed by atoms with Crippen molar-refractivity contribution in [2.75, 3.05) is 0 Å². The number of hydrogen-bond acceptors (Lipinski definition) is 1. The smallest absolute Gasteiger partial charge is 0.217 e. The van der Waals surface area contributed by atoms with Gasteiger partial charge in [0.15, 0.2) is 0 Å². The number of amides is 1. The first-order chi connectivity index (χ1) is 9.77. The molecule has 2 rings (SSSR count). The van der Waals surface area contributed by atoms with Gasteiger partial charge in [-0.2, -0.15) is 0 Å². The summed E-state index contributed by atoms with van der Waals surface area (Å²) in [4.78, 5) is 10.8. The Morgan fingerprint density at radius 3 is 1.80 bits per heavy atom. The molecule has 0 aliphatic carbocycles. The Hall–Kier alpha value is -2.09. The van der Waals surface area contributed by atoms with Crippen LogP contribution in [-0.2, 0) is 4.79 Å². The maximum absolute atomic E-state index is 10.8. The predicted molar refractivity (Wildman–Crippen MR) is 82.4 cm³/mol. The van der Waals surface area contributed by atoms with Crippen molar-refractivity contribution in [2.45, 2.75) is 31.6 Å². The van der Waals surface area contributed by atoms with Crippen molar-refractivity contribution in [1.82, 2.24) is 0 Å². The zero-order chi connectivity index (χ0) is 14.2. The van der Waals surface area contributed by atoms with Gasteiger partial charge in [0.25, 0.3) is 0 Å². The van der Waals surface area contributed by atoms with E-state index in [1.807, 2.05) is 12.1 Å². The molecule has 104 valence electrons. The molecule has 0 unspecified atom stereocenters. The first-order valence-electron chi connectivity index (χ1n) is 7.15. The zero-order valence-electron chi connectivity index (χ0n) is 11.7. The molecule has 0 radical (unpaired) electrons. The second kappa shape index (κ2) is 7.49. The van der Waals surface area contributed by atoms with E-state index in [1.54, 1.807) is 0 Å². The van der Waals surface area contributed by atoms with E-state index in [-0.39, 0.29) is 5.91 Å². The molecule has 0 fully saturated rings. The summed E-state index contributed by atoms with van der Waals surface area (Å²) in [6.45, 7) is 0. The van der Waals surface area contributed by atoms with Crippen LogP contribution in [0.1, 0.15) is 42.7 Å². The lowest BCUT2D eigenvalue weighted by atomic mass is 9.87. The van der Waals surface area contributed by atoms with Crippen LogP contribution < -0.4 is 5.73 Å². The molecule has 2 nitrogen and oxygen atoms in total. The lowest BCUT2D eigenvalue weighted by Gasteiger charge is -2.18. The van der Waals surface area contributed by atoms with Crippen LogP contribution in [0.4, 0.5) is 0 Å². The first kappa shape index (κ1) is 14.3. The SMILES string of the molecule is NC(=O)CCCCC(c1ccccc1)c1ccccc1. The molecule has 2 aromatic rings. The van der Waals surface area contributed by atoms with Crippen LogP contribution in [0.2, 0.25) is 0 Å². The minimum absolute atomic E-state index is 0.207. The van der Waals surface area contributed by atoms with Crippen molar-refractivity contribution in [1.29, 1.82) is 0 Å². The average Bonchev–Trinajstić information content (AvgIpc) is 2.49. The molecule has 0 aliphatic rings. The molecular weight excluding hydrogens is 246 g/mol. The van der Waals surface area contributed by atoms with Crippen LogP contribution >= 0.6 is 0 Å². The number of nitrogens with two attached hydrogens (primary N) is 1. The van der Waals surface area contributed by atoms with E-state index < -0.39 is 0 Å². The second-order valence-electron chi connectivity index (χ2n) is 5.09. The molecule has 20 heavy (non-hydrogen) atoms. The summed E-state index contributed by atoms with van der Waals surface area (Å²) < 4.78 is 0. The summed E-state index contributed by atoms with van der Waals surface area (Å²) in [6, 6.07) is 21.1. The quantitative estimate of drug-likeness (QED) is 0.760. The first-order valence-corrected chi connectivity index (χ1v) is 7.15. The highest BCUT2D eigenvalue weighted by atomic mass is 16.1. The van der Waals surface area contributed by atoms with E-state index in [1.165, 1.54) is 11.1 Å². The fraction of sp³-hybridized carbons (Fsp3) is 0.278. The van der Waals surface area contributed by atoms with Crippen molar-refractivity contribution in [2.24, 2.45) is 5.73 Å². The monoisotopic (exact) mass is 267 g/mol. The highest BCUT2D eigenvalue weighted by Crippen LogP contribution is 2.29. The lowest BCUT2D eigenvalue weighted by Crippen LogP contribution is -2.10. The van der Waals surface area contributed by atoms with Crippen LogP contribution in [0.5, 0.6) is 0 Å². The number of primary amides is 1. The minimum Gasteiger partial charge on any atom is -0.370 e. The van der Waals surface area contributed by atoms with Gasteiger partial charge >= 0.3 is 0 Å². The number of hydrogen-bond donors (Lipinski definition) is 1. The summed E-state index contributed by atoms with van der Waals surface area (Å²) >= 11 is 0. The topological polar surface area (TPSA) is 43.1 Å². The van der Waals surface area contributed by atoms with E-state index in [9.17, 15) is 4.79 Å². The Morgan fingerprint density at radius 2 is 1.35 bits per heavy atom. The van der Waals surface area contributed by atoms with Crippen LogP contribution in [0, 0.1) is 0 Å². The second-order valence-corrected chi connectivity index (χ2v) is 5.09. The van der Waals surface area contributed by atoms with Gasteiger partial charge < -0.3 is 5.73 Å². The summed E-state index contributed by atoms with van der Waals surface area (Å²) in [5.41, 5.74) is 7.86. The Kier molecular flexibility index (Phi) is 5.36. The Bertz CT molecular complexity index is 482. The normalized spacial score (nSPS) is 10.7. The van der Waals surface area contributed by atoms with Gasteiger partial charge in [-0.25, -0.2) is 0 Å². The molecule has 0 heterocycles. The molecule has 0 bridgehead atoms. The summed E-state index contributed by atoms with van der Waals surface area (Å²) in [5.74, 6) is 0.186. The fourth-order valence-electron chi connectivity index (χ4n) is 2.54. The van der Waals surface area contributed by atoms with Crippen molar-refractivity contribution in [3.63, 3.8) is 0 Å². The summed E-state index contributed by atoms with van der Waals surface area (Å²) in [7, 11) is 0. The van der Waals surface area contributed by atoms with Crippen molar-refractivity contribution < 1.29 is 4.79 Å². The molecule has 2 heteroatoms. The average molecular weight is 267 g/mol. The van der Waals surface area contributed by atoms with Crippen LogP contribution in [0.15, 0.2) is 60.7 Å². The third kappa shape index (κ3) is 4.23. The molecule has 0 saturated heterocycles. The molecular formula is C18H21NO. The predicted octanol–water partition coefficient (Wildman–Crippen LogP) is 3.86. The molecule has 2 N–H and O–H groups in total. The van der Waals surface area contributed by atoms with Crippen LogP contribution in [-0.4, -0.2) is 5.91 Å². The van der Waals surface area contributed by atoms with E-state index in [0.29, 0.717) is 12.3 Å². The van der Waals surface area contributed by atoms with E-state index in [2.05, 4.69) is 48.5 Å². The lowest BCUT2D eigenvalue weighted by molar-refractivity contribution is -0.118. The van der Waals surface area contributed by atoms with E-state index in [0.717, 1.165) is 19.3 Å². The third-order valence-corrected chi connectivity index (χ3v) is 3.57. The summed E-state index contributed by atoms with van der Waals surface area (Å²) in [6.07, 6.45) is 3.40. The molecule has 0 saturated carbocycles. The van der Waals surface area contributed by atoms with Gasteiger partial charge in [0, 0.05) is 12.3 Å². The molecule has 2 aromatic carbocycles. The largest absolute Gasteiger partial charge is 0.370 e. The van der Waals surface area contributed by atoms with Gasteiger partial charge in [-0.15, -0.1) is 0 Å². The third-order valence-electron chi connectivity index (χ3n) is 3.57. The molecule has 0 atom stereocenters. The van der Waals surface area contributed by atoms with Crippen molar-refractivity contribution in [3.05, 3.63) is 71.8 Å². The number of unbranched alkanes of at least 4 members (excludes halogenated alkanes) is 1. The van der Waals surface area contributed by atoms with Crippen LogP contribution in [0.3, 0.4) is 0 Å².